The Labute approximate surface area is 133 Å². The van der Waals surface area contributed by atoms with Gasteiger partial charge in [-0.05, 0) is 44.5 Å². The highest BCUT2D eigenvalue weighted by atomic mass is 16.6. The summed E-state index contributed by atoms with van der Waals surface area (Å²) in [5.41, 5.74) is -0.0205. The van der Waals surface area contributed by atoms with Gasteiger partial charge in [0.25, 0.3) is 0 Å². The number of aliphatic hydroxyl groups excluding tert-OH is 1. The van der Waals surface area contributed by atoms with Gasteiger partial charge in [-0.1, -0.05) is 0 Å². The number of epoxide rings is 1. The van der Waals surface area contributed by atoms with Crippen molar-refractivity contribution in [2.45, 2.75) is 38.4 Å². The lowest BCUT2D eigenvalue weighted by atomic mass is 9.54. The maximum absolute atomic E-state index is 12.6. The average Bonchev–Trinajstić information content (AvgIpc) is 3.31. The van der Waals surface area contributed by atoms with Gasteiger partial charge in [-0.25, -0.2) is 0 Å². The third-order valence-corrected chi connectivity index (χ3v) is 5.56. The highest BCUT2D eigenvalue weighted by molar-refractivity contribution is 6.13. The smallest absolute Gasteiger partial charge is 0.227 e. The molecule has 1 N–H and O–H groups in total. The molecule has 0 amide bonds. The molecule has 2 fully saturated rings. The van der Waals surface area contributed by atoms with Crippen LogP contribution in [0.1, 0.15) is 36.7 Å². The van der Waals surface area contributed by atoms with Crippen LogP contribution in [0, 0.1) is 5.41 Å². The van der Waals surface area contributed by atoms with E-state index < -0.39 is 22.7 Å². The van der Waals surface area contributed by atoms with E-state index in [1.165, 1.54) is 0 Å². The Balaban J connectivity index is 2.06. The van der Waals surface area contributed by atoms with Crippen LogP contribution < -0.4 is 4.74 Å². The summed E-state index contributed by atoms with van der Waals surface area (Å²) in [4.78, 5) is 25.2. The standard InChI is InChI=1S/C18H18O5/c1-17(2)14-12(20)11(19)9-6-5-8(22-4)7-10(9)18(14,3)16-13(23-16)15(17)21/h5-7,13,16,20H,1-4H3/t13-,16-,18?/m0/s1. The van der Waals surface area contributed by atoms with E-state index in [0.717, 1.165) is 5.56 Å². The Bertz CT molecular complexity index is 804. The fourth-order valence-corrected chi connectivity index (χ4v) is 4.37. The topological polar surface area (TPSA) is 76.1 Å². The van der Waals surface area contributed by atoms with Gasteiger partial charge in [0.05, 0.1) is 12.5 Å². The van der Waals surface area contributed by atoms with E-state index in [-0.39, 0.29) is 17.6 Å². The lowest BCUT2D eigenvalue weighted by Crippen LogP contribution is -2.52. The first kappa shape index (κ1) is 14.5. The van der Waals surface area contributed by atoms with E-state index in [9.17, 15) is 14.7 Å². The molecule has 1 aliphatic heterocycles. The van der Waals surface area contributed by atoms with Gasteiger partial charge in [-0.3, -0.25) is 9.59 Å². The van der Waals surface area contributed by atoms with E-state index in [0.29, 0.717) is 16.9 Å². The number of benzene rings is 1. The van der Waals surface area contributed by atoms with Crippen molar-refractivity contribution in [3.05, 3.63) is 40.7 Å². The summed E-state index contributed by atoms with van der Waals surface area (Å²) in [5.74, 6) is -0.223. The molecule has 1 unspecified atom stereocenters. The Morgan fingerprint density at radius 3 is 2.57 bits per heavy atom. The van der Waals surface area contributed by atoms with Gasteiger partial charge >= 0.3 is 0 Å². The van der Waals surface area contributed by atoms with Crippen molar-refractivity contribution in [2.75, 3.05) is 7.11 Å². The summed E-state index contributed by atoms with van der Waals surface area (Å²) in [6, 6.07) is 5.17. The summed E-state index contributed by atoms with van der Waals surface area (Å²) in [6.07, 6.45) is -0.821. The molecule has 23 heavy (non-hydrogen) atoms. The Morgan fingerprint density at radius 2 is 1.91 bits per heavy atom. The number of allylic oxidation sites excluding steroid dienone is 1. The van der Waals surface area contributed by atoms with Crippen LogP contribution >= 0.6 is 0 Å². The van der Waals surface area contributed by atoms with Gasteiger partial charge in [-0.15, -0.1) is 0 Å². The third-order valence-electron chi connectivity index (χ3n) is 5.56. The van der Waals surface area contributed by atoms with E-state index in [2.05, 4.69) is 0 Å². The van der Waals surface area contributed by atoms with Crippen molar-refractivity contribution in [1.82, 2.24) is 0 Å². The van der Waals surface area contributed by atoms with Crippen molar-refractivity contribution in [2.24, 2.45) is 5.41 Å². The predicted molar refractivity (Wildman–Crippen MR) is 81.8 cm³/mol. The predicted octanol–water partition coefficient (Wildman–Crippen LogP) is 2.34. The van der Waals surface area contributed by atoms with Crippen LogP contribution in [0.25, 0.3) is 0 Å². The molecule has 0 radical (unpaired) electrons. The number of Topliss-reactive ketones (excluding diaryl/α,β-unsaturated/α-hetero) is 2. The fraction of sp³-hybridized carbons (Fsp3) is 0.444. The number of hydrogen-bond donors (Lipinski definition) is 1. The molecule has 5 nitrogen and oxygen atoms in total. The van der Waals surface area contributed by atoms with Crippen molar-refractivity contribution in [3.8, 4) is 5.75 Å². The molecular weight excluding hydrogens is 296 g/mol. The highest BCUT2D eigenvalue weighted by Crippen LogP contribution is 2.61. The number of carbonyl (C=O) groups excluding carboxylic acids is 2. The number of ketones is 2. The van der Waals surface area contributed by atoms with Gasteiger partial charge < -0.3 is 14.6 Å². The van der Waals surface area contributed by atoms with Crippen LogP contribution in [-0.2, 0) is 14.9 Å². The van der Waals surface area contributed by atoms with E-state index >= 15 is 0 Å². The molecule has 3 atom stereocenters. The highest BCUT2D eigenvalue weighted by Gasteiger charge is 2.70. The van der Waals surface area contributed by atoms with Gasteiger partial charge in [0.1, 0.15) is 18.0 Å². The van der Waals surface area contributed by atoms with E-state index in [4.69, 9.17) is 9.47 Å². The van der Waals surface area contributed by atoms with Crippen LogP contribution in [0.2, 0.25) is 0 Å². The molecule has 0 bridgehead atoms. The second-order valence-corrected chi connectivity index (χ2v) is 7.13. The summed E-state index contributed by atoms with van der Waals surface area (Å²) in [6.45, 7) is 5.42. The summed E-state index contributed by atoms with van der Waals surface area (Å²) in [5, 5.41) is 10.6. The van der Waals surface area contributed by atoms with Crippen LogP contribution in [-0.4, -0.2) is 36.0 Å². The molecule has 2 aliphatic carbocycles. The van der Waals surface area contributed by atoms with Crippen molar-refractivity contribution >= 4 is 11.6 Å². The molecule has 0 spiro atoms. The minimum Gasteiger partial charge on any atom is -0.504 e. The number of rotatable bonds is 1. The van der Waals surface area contributed by atoms with Gasteiger partial charge in [0.2, 0.25) is 5.78 Å². The summed E-state index contributed by atoms with van der Waals surface area (Å²) >= 11 is 0. The molecule has 3 aliphatic rings. The maximum Gasteiger partial charge on any atom is 0.227 e. The Morgan fingerprint density at radius 1 is 1.22 bits per heavy atom. The summed E-state index contributed by atoms with van der Waals surface area (Å²) in [7, 11) is 1.56. The average molecular weight is 314 g/mol. The van der Waals surface area contributed by atoms with Crippen molar-refractivity contribution in [3.63, 3.8) is 0 Å². The second kappa shape index (κ2) is 4.03. The third kappa shape index (κ3) is 1.51. The minimum atomic E-state index is -0.951. The zero-order chi connectivity index (χ0) is 16.7. The SMILES string of the molecule is COc1ccc2c(c1)C1(C)C(=C(O)C2=O)C(C)(C)C(=O)[C@@H]2O[C@@H]21. The van der Waals surface area contributed by atoms with Gasteiger partial charge in [-0.2, -0.15) is 0 Å². The maximum atomic E-state index is 12.6. The Kier molecular flexibility index (Phi) is 2.53. The first-order valence-corrected chi connectivity index (χ1v) is 7.61. The summed E-state index contributed by atoms with van der Waals surface area (Å²) < 4.78 is 11.0. The van der Waals surface area contributed by atoms with Gasteiger partial charge in [0.15, 0.2) is 11.5 Å². The zero-order valence-corrected chi connectivity index (χ0v) is 13.5. The molecule has 1 saturated carbocycles. The first-order valence-electron chi connectivity index (χ1n) is 7.61. The van der Waals surface area contributed by atoms with E-state index in [1.54, 1.807) is 33.1 Å². The number of hydrogen-bond acceptors (Lipinski definition) is 5. The van der Waals surface area contributed by atoms with Crippen LogP contribution in [0.3, 0.4) is 0 Å². The minimum absolute atomic E-state index is 0.0827. The number of carbonyl (C=O) groups is 2. The molecule has 1 aromatic rings. The van der Waals surface area contributed by atoms with Crippen molar-refractivity contribution in [1.29, 1.82) is 0 Å². The zero-order valence-electron chi connectivity index (χ0n) is 13.5. The van der Waals surface area contributed by atoms with Crippen molar-refractivity contribution < 1.29 is 24.2 Å². The number of fused-ring (bicyclic) bond motifs is 5. The first-order chi connectivity index (χ1) is 10.7. The molecular formula is C18H18O5. The lowest BCUT2D eigenvalue weighted by molar-refractivity contribution is -0.127. The van der Waals surface area contributed by atoms with Crippen LogP contribution in [0.15, 0.2) is 29.5 Å². The van der Waals surface area contributed by atoms with Crippen LogP contribution in [0.5, 0.6) is 5.75 Å². The van der Waals surface area contributed by atoms with Gasteiger partial charge in [0, 0.05) is 16.6 Å². The molecule has 1 saturated heterocycles. The van der Waals surface area contributed by atoms with Crippen LogP contribution in [0.4, 0.5) is 0 Å². The molecule has 4 rings (SSSR count). The molecule has 1 heterocycles. The normalized spacial score (nSPS) is 33.7. The molecule has 120 valence electrons. The number of methoxy groups -OCH3 is 1. The molecule has 0 aromatic heterocycles. The lowest BCUT2D eigenvalue weighted by Gasteiger charge is -2.45. The monoisotopic (exact) mass is 314 g/mol. The molecule has 5 heteroatoms. The number of aliphatic hydroxyl groups is 1. The quantitative estimate of drug-likeness (QED) is 0.805. The second-order valence-electron chi connectivity index (χ2n) is 7.13. The fourth-order valence-electron chi connectivity index (χ4n) is 4.37. The molecule has 1 aromatic carbocycles. The Hall–Kier alpha value is -2.14. The number of ether oxygens (including phenoxy) is 2. The largest absolute Gasteiger partial charge is 0.504 e. The van der Waals surface area contributed by atoms with E-state index in [1.807, 2.05) is 13.0 Å².